The summed E-state index contributed by atoms with van der Waals surface area (Å²) in [6.07, 6.45) is 5.75. The number of hydrogen-bond acceptors (Lipinski definition) is 4. The van der Waals surface area contributed by atoms with Crippen LogP contribution in [0.5, 0.6) is 0 Å². The average Bonchev–Trinajstić information content (AvgIpc) is 3.16. The summed E-state index contributed by atoms with van der Waals surface area (Å²) in [5.41, 5.74) is 2.22. The molecule has 4 rings (SSSR count). The molecule has 1 aliphatic heterocycles. The van der Waals surface area contributed by atoms with Crippen molar-refractivity contribution in [2.24, 2.45) is 0 Å². The van der Waals surface area contributed by atoms with E-state index in [1.54, 1.807) is 12.4 Å². The number of carbonyl (C=O) groups is 1. The Morgan fingerprint density at radius 2 is 1.97 bits per heavy atom. The van der Waals surface area contributed by atoms with Crippen LogP contribution in [-0.4, -0.2) is 46.7 Å². The zero-order valence-corrected chi connectivity index (χ0v) is 17.4. The molecule has 0 aliphatic carbocycles. The molecule has 2 aromatic carbocycles. The van der Waals surface area contributed by atoms with Gasteiger partial charge in [-0.2, -0.15) is 12.6 Å². The molecule has 0 radical (unpaired) electrons. The van der Waals surface area contributed by atoms with E-state index in [1.165, 1.54) is 16.3 Å². The standard InChI is InChI=1S/C24H27N3OS/c28-24(13-19-4-3-10-25-15-19)27(17-22-14-23(29)16-26-22)11-9-18-7-8-20-5-1-2-6-21(20)12-18/h1-8,10,12,15,22-23,26,29H,9,11,13-14,16-17H2/t22-,23-/m0/s1. The number of amides is 1. The molecule has 1 aliphatic rings. The van der Waals surface area contributed by atoms with Crippen LogP contribution in [0, 0.1) is 0 Å². The van der Waals surface area contributed by atoms with Crippen molar-refractivity contribution in [3.63, 3.8) is 0 Å². The number of hydrogen-bond donors (Lipinski definition) is 2. The first-order valence-electron chi connectivity index (χ1n) is 10.2. The van der Waals surface area contributed by atoms with Crippen molar-refractivity contribution in [2.45, 2.75) is 30.6 Å². The smallest absolute Gasteiger partial charge is 0.227 e. The van der Waals surface area contributed by atoms with Crippen LogP contribution in [0.15, 0.2) is 67.0 Å². The number of nitrogens with one attached hydrogen (secondary N) is 1. The molecule has 1 saturated heterocycles. The molecule has 3 aromatic rings. The first-order valence-corrected chi connectivity index (χ1v) is 10.7. The topological polar surface area (TPSA) is 45.2 Å². The SMILES string of the molecule is O=C(Cc1cccnc1)N(CCc1ccc2ccccc2c1)C[C@@H]1C[C@H](S)CN1. The molecular weight excluding hydrogens is 378 g/mol. The van der Waals surface area contributed by atoms with Crippen LogP contribution in [-0.2, 0) is 17.6 Å². The number of nitrogens with zero attached hydrogens (tertiary/aromatic N) is 2. The molecule has 2 heterocycles. The average molecular weight is 406 g/mol. The van der Waals surface area contributed by atoms with Crippen molar-refractivity contribution in [2.75, 3.05) is 19.6 Å². The number of fused-ring (bicyclic) bond motifs is 1. The van der Waals surface area contributed by atoms with Gasteiger partial charge in [-0.05, 0) is 40.8 Å². The van der Waals surface area contributed by atoms with E-state index in [9.17, 15) is 4.79 Å². The van der Waals surface area contributed by atoms with Gasteiger partial charge in [-0.3, -0.25) is 9.78 Å². The minimum atomic E-state index is 0.156. The molecule has 0 bridgehead atoms. The Morgan fingerprint density at radius 1 is 1.10 bits per heavy atom. The maximum atomic E-state index is 13.1. The molecule has 1 N–H and O–H groups in total. The Labute approximate surface area is 177 Å². The summed E-state index contributed by atoms with van der Waals surface area (Å²) < 4.78 is 0. The second-order valence-electron chi connectivity index (χ2n) is 7.80. The second kappa shape index (κ2) is 9.42. The molecule has 0 saturated carbocycles. The van der Waals surface area contributed by atoms with E-state index in [1.807, 2.05) is 17.0 Å². The molecule has 0 spiro atoms. The molecule has 1 fully saturated rings. The zero-order valence-electron chi connectivity index (χ0n) is 16.5. The molecule has 1 amide bonds. The number of pyridine rings is 1. The van der Waals surface area contributed by atoms with Crippen LogP contribution in [0.3, 0.4) is 0 Å². The lowest BCUT2D eigenvalue weighted by Crippen LogP contribution is -2.42. The van der Waals surface area contributed by atoms with Gasteiger partial charge >= 0.3 is 0 Å². The summed E-state index contributed by atoms with van der Waals surface area (Å²) in [4.78, 5) is 19.2. The van der Waals surface area contributed by atoms with E-state index in [2.05, 4.69) is 65.4 Å². The molecular formula is C24H27N3OS. The highest BCUT2D eigenvalue weighted by Crippen LogP contribution is 2.18. The number of aromatic nitrogens is 1. The van der Waals surface area contributed by atoms with Crippen molar-refractivity contribution in [3.05, 3.63) is 78.1 Å². The van der Waals surface area contributed by atoms with Gasteiger partial charge in [0.05, 0.1) is 6.42 Å². The third kappa shape index (κ3) is 5.37. The van der Waals surface area contributed by atoms with Crippen molar-refractivity contribution in [1.29, 1.82) is 0 Å². The molecule has 29 heavy (non-hydrogen) atoms. The van der Waals surface area contributed by atoms with Crippen molar-refractivity contribution < 1.29 is 4.79 Å². The summed E-state index contributed by atoms with van der Waals surface area (Å²) in [5.74, 6) is 0.156. The van der Waals surface area contributed by atoms with Crippen LogP contribution in [0.2, 0.25) is 0 Å². The van der Waals surface area contributed by atoms with E-state index in [-0.39, 0.29) is 5.91 Å². The molecule has 5 heteroatoms. The van der Waals surface area contributed by atoms with Crippen LogP contribution in [0.25, 0.3) is 10.8 Å². The van der Waals surface area contributed by atoms with Gasteiger partial charge in [-0.15, -0.1) is 0 Å². The van der Waals surface area contributed by atoms with Gasteiger partial charge in [0.15, 0.2) is 0 Å². The van der Waals surface area contributed by atoms with Gasteiger partial charge in [-0.25, -0.2) is 0 Å². The number of rotatable bonds is 7. The maximum Gasteiger partial charge on any atom is 0.227 e. The Bertz CT molecular complexity index is 963. The van der Waals surface area contributed by atoms with E-state index < -0.39 is 0 Å². The zero-order chi connectivity index (χ0) is 20.1. The van der Waals surface area contributed by atoms with Crippen molar-refractivity contribution in [1.82, 2.24) is 15.2 Å². The van der Waals surface area contributed by atoms with E-state index in [4.69, 9.17) is 0 Å². The normalized spacial score (nSPS) is 18.8. The molecule has 1 aromatic heterocycles. The summed E-state index contributed by atoms with van der Waals surface area (Å²) >= 11 is 4.58. The maximum absolute atomic E-state index is 13.1. The lowest BCUT2D eigenvalue weighted by Gasteiger charge is -2.26. The summed E-state index contributed by atoms with van der Waals surface area (Å²) in [7, 11) is 0. The van der Waals surface area contributed by atoms with Gasteiger partial charge in [0, 0.05) is 43.3 Å². The Balaban J connectivity index is 1.45. The largest absolute Gasteiger partial charge is 0.341 e. The van der Waals surface area contributed by atoms with Crippen LogP contribution >= 0.6 is 12.6 Å². The third-order valence-corrected chi connectivity index (χ3v) is 5.95. The highest BCUT2D eigenvalue weighted by Gasteiger charge is 2.25. The summed E-state index contributed by atoms with van der Waals surface area (Å²) in [6, 6.07) is 19.1. The first-order chi connectivity index (χ1) is 14.2. The molecule has 2 atom stereocenters. The first kappa shape index (κ1) is 19.9. The van der Waals surface area contributed by atoms with Crippen LogP contribution in [0.4, 0.5) is 0 Å². The summed E-state index contributed by atoms with van der Waals surface area (Å²) in [6.45, 7) is 2.35. The highest BCUT2D eigenvalue weighted by molar-refractivity contribution is 7.81. The van der Waals surface area contributed by atoms with Gasteiger partial charge in [0.1, 0.15) is 0 Å². The Hall–Kier alpha value is -2.37. The minimum absolute atomic E-state index is 0.156. The minimum Gasteiger partial charge on any atom is -0.341 e. The van der Waals surface area contributed by atoms with Gasteiger partial charge in [-0.1, -0.05) is 48.5 Å². The summed E-state index contributed by atoms with van der Waals surface area (Å²) in [5, 5.41) is 6.36. The molecule has 150 valence electrons. The fraction of sp³-hybridized carbons (Fsp3) is 0.333. The van der Waals surface area contributed by atoms with Gasteiger partial charge < -0.3 is 10.2 Å². The van der Waals surface area contributed by atoms with E-state index in [0.717, 1.165) is 31.5 Å². The van der Waals surface area contributed by atoms with E-state index in [0.29, 0.717) is 24.3 Å². The quantitative estimate of drug-likeness (QED) is 0.592. The number of carbonyl (C=O) groups excluding carboxylic acids is 1. The number of thiol groups is 1. The van der Waals surface area contributed by atoms with Crippen LogP contribution in [0.1, 0.15) is 17.5 Å². The molecule has 4 nitrogen and oxygen atoms in total. The lowest BCUT2D eigenvalue weighted by atomic mass is 10.0. The highest BCUT2D eigenvalue weighted by atomic mass is 32.1. The second-order valence-corrected chi connectivity index (χ2v) is 8.53. The Kier molecular flexibility index (Phi) is 6.47. The fourth-order valence-corrected chi connectivity index (χ4v) is 4.33. The molecule has 0 unspecified atom stereocenters. The lowest BCUT2D eigenvalue weighted by molar-refractivity contribution is -0.130. The Morgan fingerprint density at radius 3 is 2.72 bits per heavy atom. The van der Waals surface area contributed by atoms with E-state index >= 15 is 0 Å². The van der Waals surface area contributed by atoms with Crippen molar-refractivity contribution >= 4 is 29.3 Å². The van der Waals surface area contributed by atoms with Gasteiger partial charge in [0.2, 0.25) is 5.91 Å². The predicted octanol–water partition coefficient (Wildman–Crippen LogP) is 3.51. The fourth-order valence-electron chi connectivity index (χ4n) is 3.97. The van der Waals surface area contributed by atoms with Crippen LogP contribution < -0.4 is 5.32 Å². The van der Waals surface area contributed by atoms with Gasteiger partial charge in [0.25, 0.3) is 0 Å². The number of benzene rings is 2. The monoisotopic (exact) mass is 405 g/mol. The predicted molar refractivity (Wildman–Crippen MR) is 121 cm³/mol. The third-order valence-electron chi connectivity index (χ3n) is 5.55. The van der Waals surface area contributed by atoms with Crippen molar-refractivity contribution in [3.8, 4) is 0 Å².